The lowest BCUT2D eigenvalue weighted by molar-refractivity contribution is -0.116. The van der Waals surface area contributed by atoms with Crippen molar-refractivity contribution in [2.45, 2.75) is 26.2 Å². The van der Waals surface area contributed by atoms with Crippen LogP contribution in [0, 0.1) is 0 Å². The van der Waals surface area contributed by atoms with E-state index in [9.17, 15) is 14.4 Å². The van der Waals surface area contributed by atoms with Gasteiger partial charge in [0.25, 0.3) is 11.8 Å². The molecule has 0 bridgehead atoms. The normalized spacial score (nSPS) is 10.1. The fourth-order valence-electron chi connectivity index (χ4n) is 3.10. The van der Waals surface area contributed by atoms with Gasteiger partial charge in [-0.1, -0.05) is 55.8 Å². The molecule has 0 aromatic heterocycles. The summed E-state index contributed by atoms with van der Waals surface area (Å²) in [5.74, 6) is -0.890. The highest BCUT2D eigenvalue weighted by Crippen LogP contribution is 2.19. The average molecular weight is 475 g/mol. The third-order valence-corrected chi connectivity index (χ3v) is 5.16. The smallest absolute Gasteiger partial charge is 0.269 e. The molecule has 3 aromatic rings. The quantitative estimate of drug-likeness (QED) is 0.300. The van der Waals surface area contributed by atoms with E-state index < -0.39 is 11.8 Å². The number of amides is 3. The summed E-state index contributed by atoms with van der Waals surface area (Å²) in [5, 5.41) is 5.28. The van der Waals surface area contributed by atoms with Crippen LogP contribution in [-0.2, 0) is 4.79 Å². The summed E-state index contributed by atoms with van der Waals surface area (Å²) in [7, 11) is 0. The van der Waals surface area contributed by atoms with Gasteiger partial charge in [-0.25, -0.2) is 0 Å². The predicted octanol–water partition coefficient (Wildman–Crippen LogP) is 4.43. The van der Waals surface area contributed by atoms with Crippen LogP contribution in [0.2, 0.25) is 0 Å². The van der Waals surface area contributed by atoms with Crippen molar-refractivity contribution in [2.24, 2.45) is 0 Å². The second-order valence-electron chi connectivity index (χ2n) is 7.53. The van der Waals surface area contributed by atoms with Gasteiger partial charge in [-0.2, -0.15) is 0 Å². The number of carbonyl (C=O) groups excluding carboxylic acids is 3. The molecule has 4 N–H and O–H groups in total. The first-order chi connectivity index (χ1) is 16.5. The number of hydrazine groups is 1. The van der Waals surface area contributed by atoms with E-state index >= 15 is 0 Å². The summed E-state index contributed by atoms with van der Waals surface area (Å²) in [5.41, 5.74) is 8.43. The van der Waals surface area contributed by atoms with E-state index in [1.165, 1.54) is 0 Å². The number of benzene rings is 3. The molecule has 0 aliphatic carbocycles. The summed E-state index contributed by atoms with van der Waals surface area (Å²) >= 11 is 5.10. The zero-order chi connectivity index (χ0) is 24.3. The molecule has 0 heterocycles. The summed E-state index contributed by atoms with van der Waals surface area (Å²) < 4.78 is 0. The van der Waals surface area contributed by atoms with Crippen LogP contribution in [0.25, 0.3) is 11.1 Å². The molecule has 7 nitrogen and oxygen atoms in total. The van der Waals surface area contributed by atoms with Crippen LogP contribution >= 0.6 is 12.2 Å². The van der Waals surface area contributed by atoms with Crippen molar-refractivity contribution >= 4 is 40.7 Å². The highest BCUT2D eigenvalue weighted by atomic mass is 32.1. The molecule has 174 valence electrons. The van der Waals surface area contributed by atoms with Crippen LogP contribution in [0.3, 0.4) is 0 Å². The Hall–Kier alpha value is -4.04. The van der Waals surface area contributed by atoms with Crippen molar-refractivity contribution < 1.29 is 14.4 Å². The number of thiocarbonyl (C=S) groups is 1. The molecular formula is C26H26N4O3S. The third-order valence-electron chi connectivity index (χ3n) is 4.96. The summed E-state index contributed by atoms with van der Waals surface area (Å²) in [6, 6.07) is 23.5. The second-order valence-corrected chi connectivity index (χ2v) is 7.94. The number of carbonyl (C=O) groups is 3. The largest absolute Gasteiger partial charge is 0.326 e. The van der Waals surface area contributed by atoms with Crippen LogP contribution in [0.5, 0.6) is 0 Å². The average Bonchev–Trinajstić information content (AvgIpc) is 2.87. The number of nitrogens with one attached hydrogen (secondary N) is 4. The molecular weight excluding hydrogens is 448 g/mol. The Bertz CT molecular complexity index is 1150. The maximum Gasteiger partial charge on any atom is 0.269 e. The van der Waals surface area contributed by atoms with E-state index in [2.05, 4.69) is 21.5 Å². The van der Waals surface area contributed by atoms with Gasteiger partial charge < -0.3 is 5.32 Å². The number of hydrogen-bond donors (Lipinski definition) is 4. The van der Waals surface area contributed by atoms with Crippen LogP contribution in [0.1, 0.15) is 46.9 Å². The highest BCUT2D eigenvalue weighted by Gasteiger charge is 2.10. The molecule has 0 saturated heterocycles. The Balaban J connectivity index is 1.46. The van der Waals surface area contributed by atoms with Gasteiger partial charge >= 0.3 is 0 Å². The van der Waals surface area contributed by atoms with Crippen LogP contribution < -0.4 is 21.5 Å². The molecule has 3 rings (SSSR count). The van der Waals surface area contributed by atoms with Gasteiger partial charge in [0.2, 0.25) is 5.91 Å². The lowest BCUT2D eigenvalue weighted by Gasteiger charge is -2.11. The molecule has 0 fully saturated rings. The number of anilines is 1. The van der Waals surface area contributed by atoms with Gasteiger partial charge in [0, 0.05) is 23.2 Å². The number of unbranched alkanes of at least 4 members (excludes halogenated alkanes) is 1. The maximum absolute atomic E-state index is 12.4. The molecule has 0 atom stereocenters. The van der Waals surface area contributed by atoms with Gasteiger partial charge in [0.1, 0.15) is 0 Å². The van der Waals surface area contributed by atoms with E-state index in [-0.39, 0.29) is 11.0 Å². The standard InChI is InChI=1S/C26H26N4O3S/c1-2-3-9-23(31)27-22-16-14-21(15-17-22)25(33)29-30-26(34)28-24(32)20-12-10-19(11-13-20)18-7-5-4-6-8-18/h4-8,10-17H,2-3,9H2,1H3,(H,27,31)(H,29,33)(H2,28,30,32,34). The zero-order valence-electron chi connectivity index (χ0n) is 18.8. The monoisotopic (exact) mass is 474 g/mol. The first kappa shape index (κ1) is 24.6. The predicted molar refractivity (Wildman–Crippen MR) is 137 cm³/mol. The Labute approximate surface area is 203 Å². The van der Waals surface area contributed by atoms with Crippen LogP contribution in [0.4, 0.5) is 5.69 Å². The van der Waals surface area contributed by atoms with E-state index in [0.29, 0.717) is 23.2 Å². The fraction of sp³-hybridized carbons (Fsp3) is 0.154. The molecule has 0 spiro atoms. The Morgan fingerprint density at radius 3 is 1.97 bits per heavy atom. The van der Waals surface area contributed by atoms with Crippen molar-refractivity contribution in [3.63, 3.8) is 0 Å². The number of hydrogen-bond acceptors (Lipinski definition) is 4. The van der Waals surface area contributed by atoms with Gasteiger partial charge in [-0.3, -0.25) is 30.6 Å². The fourth-order valence-corrected chi connectivity index (χ4v) is 3.25. The highest BCUT2D eigenvalue weighted by molar-refractivity contribution is 7.80. The number of rotatable bonds is 7. The maximum atomic E-state index is 12.4. The lowest BCUT2D eigenvalue weighted by Crippen LogP contribution is -2.48. The minimum atomic E-state index is -0.437. The molecule has 0 radical (unpaired) electrons. The Morgan fingerprint density at radius 1 is 0.735 bits per heavy atom. The zero-order valence-corrected chi connectivity index (χ0v) is 19.6. The van der Waals surface area contributed by atoms with Gasteiger partial charge in [-0.05, 0) is 66.2 Å². The van der Waals surface area contributed by atoms with E-state index in [1.807, 2.05) is 49.4 Å². The molecule has 0 unspecified atom stereocenters. The van der Waals surface area contributed by atoms with Crippen molar-refractivity contribution in [1.82, 2.24) is 16.2 Å². The van der Waals surface area contributed by atoms with Crippen molar-refractivity contribution in [3.8, 4) is 11.1 Å². The molecule has 0 aliphatic rings. The van der Waals surface area contributed by atoms with Gasteiger partial charge in [0.05, 0.1) is 0 Å². The molecule has 0 aliphatic heterocycles. The lowest BCUT2D eigenvalue weighted by atomic mass is 10.0. The first-order valence-corrected chi connectivity index (χ1v) is 11.3. The topological polar surface area (TPSA) is 99.3 Å². The molecule has 8 heteroatoms. The van der Waals surface area contributed by atoms with Gasteiger partial charge in [0.15, 0.2) is 5.11 Å². The first-order valence-electron chi connectivity index (χ1n) is 10.9. The SMILES string of the molecule is CCCCC(=O)Nc1ccc(C(=O)NNC(=S)NC(=O)c2ccc(-c3ccccc3)cc2)cc1. The van der Waals surface area contributed by atoms with E-state index in [1.54, 1.807) is 36.4 Å². The van der Waals surface area contributed by atoms with Gasteiger partial charge in [-0.15, -0.1) is 0 Å². The van der Waals surface area contributed by atoms with Crippen molar-refractivity contribution in [1.29, 1.82) is 0 Å². The van der Waals surface area contributed by atoms with Crippen molar-refractivity contribution in [2.75, 3.05) is 5.32 Å². The van der Waals surface area contributed by atoms with E-state index in [4.69, 9.17) is 12.2 Å². The van der Waals surface area contributed by atoms with Crippen LogP contribution in [-0.4, -0.2) is 22.8 Å². The second kappa shape index (κ2) is 12.3. The summed E-state index contributed by atoms with van der Waals surface area (Å²) in [6.45, 7) is 2.02. The molecule has 3 aromatic carbocycles. The molecule has 0 saturated carbocycles. The minimum Gasteiger partial charge on any atom is -0.326 e. The van der Waals surface area contributed by atoms with Crippen molar-refractivity contribution in [3.05, 3.63) is 90.0 Å². The summed E-state index contributed by atoms with van der Waals surface area (Å²) in [4.78, 5) is 36.5. The minimum absolute atomic E-state index is 0.0368. The Kier molecular flexibility index (Phi) is 8.88. The summed E-state index contributed by atoms with van der Waals surface area (Å²) in [6.07, 6.45) is 2.23. The Morgan fingerprint density at radius 2 is 1.32 bits per heavy atom. The van der Waals surface area contributed by atoms with Crippen LogP contribution in [0.15, 0.2) is 78.9 Å². The van der Waals surface area contributed by atoms with E-state index in [0.717, 1.165) is 24.0 Å². The third kappa shape index (κ3) is 7.25. The molecule has 3 amide bonds. The molecule has 34 heavy (non-hydrogen) atoms.